The Morgan fingerprint density at radius 3 is 2.35 bits per heavy atom. The standard InChI is InChI=1S/C13H19BrO3/c1-4-5-6-11(15)9-7-12(16-2)13(17-3)8-10(9)14/h7-8,11,15H,4-6H2,1-3H3. The number of hydrogen-bond acceptors (Lipinski definition) is 3. The van der Waals surface area contributed by atoms with E-state index in [1.54, 1.807) is 14.2 Å². The van der Waals surface area contributed by atoms with Gasteiger partial charge in [0.15, 0.2) is 11.5 Å². The maximum Gasteiger partial charge on any atom is 0.161 e. The van der Waals surface area contributed by atoms with Crippen molar-refractivity contribution in [2.75, 3.05) is 14.2 Å². The van der Waals surface area contributed by atoms with E-state index < -0.39 is 6.10 Å². The van der Waals surface area contributed by atoms with Gasteiger partial charge in [-0.2, -0.15) is 0 Å². The van der Waals surface area contributed by atoms with Gasteiger partial charge in [-0.1, -0.05) is 35.7 Å². The summed E-state index contributed by atoms with van der Waals surface area (Å²) in [6, 6.07) is 3.65. The van der Waals surface area contributed by atoms with Crippen molar-refractivity contribution in [2.45, 2.75) is 32.3 Å². The van der Waals surface area contributed by atoms with Gasteiger partial charge in [-0.15, -0.1) is 0 Å². The van der Waals surface area contributed by atoms with Crippen LogP contribution in [0.4, 0.5) is 0 Å². The number of aliphatic hydroxyl groups is 1. The summed E-state index contributed by atoms with van der Waals surface area (Å²) in [6.07, 6.45) is 2.36. The molecule has 3 nitrogen and oxygen atoms in total. The zero-order valence-electron chi connectivity index (χ0n) is 10.5. The highest BCUT2D eigenvalue weighted by atomic mass is 79.9. The number of benzene rings is 1. The molecule has 0 aliphatic heterocycles. The number of unbranched alkanes of at least 4 members (excludes halogenated alkanes) is 1. The van der Waals surface area contributed by atoms with Crippen molar-refractivity contribution in [1.29, 1.82) is 0 Å². The number of methoxy groups -OCH3 is 2. The van der Waals surface area contributed by atoms with Gasteiger partial charge in [0, 0.05) is 4.47 Å². The van der Waals surface area contributed by atoms with Gasteiger partial charge in [-0.3, -0.25) is 0 Å². The Bertz CT molecular complexity index is 366. The first-order valence-corrected chi connectivity index (χ1v) is 6.52. The largest absolute Gasteiger partial charge is 0.493 e. The van der Waals surface area contributed by atoms with Crippen molar-refractivity contribution >= 4 is 15.9 Å². The predicted molar refractivity (Wildman–Crippen MR) is 71.7 cm³/mol. The third kappa shape index (κ3) is 3.61. The van der Waals surface area contributed by atoms with Crippen LogP contribution in [0.25, 0.3) is 0 Å². The van der Waals surface area contributed by atoms with Crippen LogP contribution in [0.1, 0.15) is 37.9 Å². The summed E-state index contributed by atoms with van der Waals surface area (Å²) in [5.41, 5.74) is 0.844. The molecule has 1 atom stereocenters. The Balaban J connectivity index is 2.99. The van der Waals surface area contributed by atoms with Gasteiger partial charge in [-0.05, 0) is 24.1 Å². The second-order valence-corrected chi connectivity index (χ2v) is 4.74. The second-order valence-electron chi connectivity index (χ2n) is 3.89. The maximum absolute atomic E-state index is 10.1. The topological polar surface area (TPSA) is 38.7 Å². The van der Waals surface area contributed by atoms with Gasteiger partial charge in [-0.25, -0.2) is 0 Å². The fourth-order valence-corrected chi connectivity index (χ4v) is 2.26. The summed E-state index contributed by atoms with van der Waals surface area (Å²) in [4.78, 5) is 0. The summed E-state index contributed by atoms with van der Waals surface area (Å²) in [6.45, 7) is 2.11. The first-order valence-electron chi connectivity index (χ1n) is 5.73. The lowest BCUT2D eigenvalue weighted by Crippen LogP contribution is -2.00. The van der Waals surface area contributed by atoms with Crippen molar-refractivity contribution < 1.29 is 14.6 Å². The fourth-order valence-electron chi connectivity index (χ4n) is 1.68. The fraction of sp³-hybridized carbons (Fsp3) is 0.538. The smallest absolute Gasteiger partial charge is 0.161 e. The minimum Gasteiger partial charge on any atom is -0.493 e. The lowest BCUT2D eigenvalue weighted by molar-refractivity contribution is 0.163. The first-order chi connectivity index (χ1) is 8.13. The summed E-state index contributed by atoms with van der Waals surface area (Å²) >= 11 is 3.45. The van der Waals surface area contributed by atoms with E-state index in [0.29, 0.717) is 11.5 Å². The van der Waals surface area contributed by atoms with Crippen molar-refractivity contribution in [3.63, 3.8) is 0 Å². The van der Waals surface area contributed by atoms with Crippen LogP contribution in [0.5, 0.6) is 11.5 Å². The molecule has 96 valence electrons. The molecule has 1 aromatic rings. The summed E-state index contributed by atoms with van der Waals surface area (Å²) in [7, 11) is 3.19. The van der Waals surface area contributed by atoms with Gasteiger partial charge < -0.3 is 14.6 Å². The molecule has 17 heavy (non-hydrogen) atoms. The van der Waals surface area contributed by atoms with Crippen molar-refractivity contribution in [3.8, 4) is 11.5 Å². The molecule has 0 radical (unpaired) electrons. The third-order valence-electron chi connectivity index (χ3n) is 2.69. The van der Waals surface area contributed by atoms with E-state index in [9.17, 15) is 5.11 Å². The van der Waals surface area contributed by atoms with E-state index >= 15 is 0 Å². The average Bonchev–Trinajstić information content (AvgIpc) is 2.35. The molecule has 0 aliphatic carbocycles. The lowest BCUT2D eigenvalue weighted by atomic mass is 10.0. The zero-order valence-corrected chi connectivity index (χ0v) is 12.1. The van der Waals surface area contributed by atoms with E-state index in [1.165, 1.54) is 0 Å². The number of ether oxygens (including phenoxy) is 2. The summed E-state index contributed by atoms with van der Waals surface area (Å²) < 4.78 is 11.3. The molecule has 1 aromatic carbocycles. The van der Waals surface area contributed by atoms with Crippen LogP contribution in [-0.2, 0) is 0 Å². The highest BCUT2D eigenvalue weighted by Crippen LogP contribution is 2.37. The van der Waals surface area contributed by atoms with Crippen molar-refractivity contribution in [3.05, 3.63) is 22.2 Å². The van der Waals surface area contributed by atoms with Gasteiger partial charge >= 0.3 is 0 Å². The molecule has 0 aromatic heterocycles. The Morgan fingerprint density at radius 2 is 1.82 bits per heavy atom. The number of aliphatic hydroxyl groups excluding tert-OH is 1. The van der Waals surface area contributed by atoms with E-state index in [2.05, 4.69) is 22.9 Å². The number of halogens is 1. The van der Waals surface area contributed by atoms with Crippen LogP contribution in [0.3, 0.4) is 0 Å². The van der Waals surface area contributed by atoms with Crippen molar-refractivity contribution in [2.24, 2.45) is 0 Å². The zero-order chi connectivity index (χ0) is 12.8. The Hall–Kier alpha value is -0.740. The van der Waals surface area contributed by atoms with Gasteiger partial charge in [0.2, 0.25) is 0 Å². The van der Waals surface area contributed by atoms with Crippen LogP contribution >= 0.6 is 15.9 Å². The Kier molecular flexibility index (Phi) is 5.78. The quantitative estimate of drug-likeness (QED) is 0.871. The lowest BCUT2D eigenvalue weighted by Gasteiger charge is -2.16. The minimum atomic E-state index is -0.468. The van der Waals surface area contributed by atoms with Gasteiger partial charge in [0.05, 0.1) is 20.3 Å². The Labute approximate surface area is 111 Å². The molecule has 0 saturated heterocycles. The summed E-state index contributed by atoms with van der Waals surface area (Å²) in [5.74, 6) is 1.30. The first kappa shape index (κ1) is 14.3. The van der Waals surface area contributed by atoms with Gasteiger partial charge in [0.1, 0.15) is 0 Å². The molecule has 1 unspecified atom stereocenters. The third-order valence-corrected chi connectivity index (χ3v) is 3.38. The highest BCUT2D eigenvalue weighted by Gasteiger charge is 2.15. The Morgan fingerprint density at radius 1 is 1.24 bits per heavy atom. The molecule has 0 amide bonds. The molecule has 0 saturated carbocycles. The van der Waals surface area contributed by atoms with Crippen molar-refractivity contribution in [1.82, 2.24) is 0 Å². The molecule has 4 heteroatoms. The maximum atomic E-state index is 10.1. The SMILES string of the molecule is CCCCC(O)c1cc(OC)c(OC)cc1Br. The normalized spacial score (nSPS) is 12.3. The molecule has 0 spiro atoms. The van der Waals surface area contributed by atoms with Crippen LogP contribution in [0.15, 0.2) is 16.6 Å². The molecule has 0 aliphatic rings. The van der Waals surface area contributed by atoms with Gasteiger partial charge in [0.25, 0.3) is 0 Å². The van der Waals surface area contributed by atoms with E-state index in [-0.39, 0.29) is 0 Å². The molecular weight excluding hydrogens is 284 g/mol. The second kappa shape index (κ2) is 6.87. The summed E-state index contributed by atoms with van der Waals surface area (Å²) in [5, 5.41) is 10.1. The minimum absolute atomic E-state index is 0.468. The monoisotopic (exact) mass is 302 g/mol. The molecule has 0 heterocycles. The van der Waals surface area contributed by atoms with Crippen LogP contribution in [0, 0.1) is 0 Å². The van der Waals surface area contributed by atoms with E-state index in [4.69, 9.17) is 9.47 Å². The van der Waals surface area contributed by atoms with Crippen LogP contribution < -0.4 is 9.47 Å². The highest BCUT2D eigenvalue weighted by molar-refractivity contribution is 9.10. The number of rotatable bonds is 6. The molecule has 1 rings (SSSR count). The molecule has 0 bridgehead atoms. The predicted octanol–water partition coefficient (Wildman–Crippen LogP) is 3.69. The van der Waals surface area contributed by atoms with Crippen LogP contribution in [0.2, 0.25) is 0 Å². The van der Waals surface area contributed by atoms with Crippen LogP contribution in [-0.4, -0.2) is 19.3 Å². The molecular formula is C13H19BrO3. The van der Waals surface area contributed by atoms with E-state index in [0.717, 1.165) is 29.3 Å². The average molecular weight is 303 g/mol. The molecule has 1 N–H and O–H groups in total. The number of hydrogen-bond donors (Lipinski definition) is 1. The van der Waals surface area contributed by atoms with E-state index in [1.807, 2.05) is 12.1 Å². The molecule has 0 fully saturated rings.